The van der Waals surface area contributed by atoms with Crippen molar-refractivity contribution in [3.63, 3.8) is 0 Å². The quantitative estimate of drug-likeness (QED) is 0.738. The number of rotatable bonds is 6. The molecule has 1 atom stereocenters. The van der Waals surface area contributed by atoms with Crippen LogP contribution in [0.4, 0.5) is 0 Å². The van der Waals surface area contributed by atoms with E-state index in [-0.39, 0.29) is 5.60 Å². The summed E-state index contributed by atoms with van der Waals surface area (Å²) in [4.78, 5) is 0. The predicted molar refractivity (Wildman–Crippen MR) is 68.1 cm³/mol. The molecular weight excluding hydrogens is 218 g/mol. The van der Waals surface area contributed by atoms with E-state index in [9.17, 15) is 5.11 Å². The second-order valence-corrected chi connectivity index (χ2v) is 5.79. The number of hydrogen-bond acceptors (Lipinski definition) is 4. The van der Waals surface area contributed by atoms with Gasteiger partial charge < -0.3 is 19.9 Å². The Hall–Kier alpha value is -0.160. The molecule has 1 heterocycles. The molecule has 0 radical (unpaired) electrons. The third-order valence-corrected chi connectivity index (χ3v) is 2.86. The Bertz CT molecular complexity index is 197. The summed E-state index contributed by atoms with van der Waals surface area (Å²) in [5.74, 6) is 0.694. The predicted octanol–water partition coefficient (Wildman–Crippen LogP) is 1.18. The summed E-state index contributed by atoms with van der Waals surface area (Å²) >= 11 is 0. The maximum absolute atomic E-state index is 9.73. The molecule has 1 unspecified atom stereocenters. The van der Waals surface area contributed by atoms with Gasteiger partial charge in [0.15, 0.2) is 0 Å². The zero-order chi connectivity index (χ0) is 12.7. The number of hydrogen-bond donors (Lipinski definition) is 2. The Morgan fingerprint density at radius 3 is 2.59 bits per heavy atom. The third-order valence-electron chi connectivity index (χ3n) is 2.86. The summed E-state index contributed by atoms with van der Waals surface area (Å²) in [6, 6.07) is 0. The summed E-state index contributed by atoms with van der Waals surface area (Å²) in [7, 11) is 0. The Morgan fingerprint density at radius 1 is 1.35 bits per heavy atom. The van der Waals surface area contributed by atoms with Crippen LogP contribution in [-0.4, -0.2) is 49.7 Å². The van der Waals surface area contributed by atoms with Gasteiger partial charge in [0, 0.05) is 19.8 Å². The second kappa shape index (κ2) is 7.31. The zero-order valence-corrected chi connectivity index (χ0v) is 11.4. The molecule has 1 aliphatic rings. The Kier molecular flexibility index (Phi) is 6.41. The molecule has 0 bridgehead atoms. The monoisotopic (exact) mass is 245 g/mol. The molecule has 0 spiro atoms. The molecule has 0 aliphatic carbocycles. The van der Waals surface area contributed by atoms with Crippen LogP contribution in [0, 0.1) is 5.92 Å². The highest BCUT2D eigenvalue weighted by Gasteiger charge is 2.15. The lowest BCUT2D eigenvalue weighted by molar-refractivity contribution is -0.0482. The fraction of sp³-hybridized carbons (Fsp3) is 1.00. The van der Waals surface area contributed by atoms with Crippen LogP contribution >= 0.6 is 0 Å². The molecule has 0 aromatic heterocycles. The van der Waals surface area contributed by atoms with Gasteiger partial charge in [0.25, 0.3) is 0 Å². The average molecular weight is 245 g/mol. The highest BCUT2D eigenvalue weighted by Crippen LogP contribution is 2.13. The highest BCUT2D eigenvalue weighted by molar-refractivity contribution is 4.68. The molecule has 1 fully saturated rings. The van der Waals surface area contributed by atoms with Crippen molar-refractivity contribution in [2.75, 3.05) is 32.9 Å². The van der Waals surface area contributed by atoms with Crippen molar-refractivity contribution in [3.05, 3.63) is 0 Å². The summed E-state index contributed by atoms with van der Waals surface area (Å²) < 4.78 is 10.8. The number of aliphatic hydroxyl groups excluding tert-OH is 1. The van der Waals surface area contributed by atoms with E-state index < -0.39 is 6.10 Å². The van der Waals surface area contributed by atoms with E-state index in [1.807, 2.05) is 20.8 Å². The van der Waals surface area contributed by atoms with E-state index in [4.69, 9.17) is 9.47 Å². The number of nitrogens with one attached hydrogen (secondary N) is 1. The highest BCUT2D eigenvalue weighted by atomic mass is 16.5. The van der Waals surface area contributed by atoms with Crippen LogP contribution in [0.25, 0.3) is 0 Å². The van der Waals surface area contributed by atoms with Crippen molar-refractivity contribution >= 4 is 0 Å². The first kappa shape index (κ1) is 14.9. The number of aliphatic hydroxyl groups is 1. The van der Waals surface area contributed by atoms with Gasteiger partial charge in [-0.25, -0.2) is 0 Å². The SMILES string of the molecule is CC(C)(C)OCC(O)CNCC1CCOCC1. The molecule has 102 valence electrons. The maximum Gasteiger partial charge on any atom is 0.0897 e. The molecule has 4 heteroatoms. The first-order valence-corrected chi connectivity index (χ1v) is 6.58. The topological polar surface area (TPSA) is 50.7 Å². The van der Waals surface area contributed by atoms with Crippen LogP contribution in [-0.2, 0) is 9.47 Å². The molecule has 0 aromatic carbocycles. The van der Waals surface area contributed by atoms with Gasteiger partial charge in [-0.15, -0.1) is 0 Å². The molecule has 0 saturated carbocycles. The summed E-state index contributed by atoms with van der Waals surface area (Å²) in [6.07, 6.45) is 1.83. The standard InChI is InChI=1S/C13H27NO3/c1-13(2,3)17-10-12(15)9-14-8-11-4-6-16-7-5-11/h11-12,14-15H,4-10H2,1-3H3. The molecule has 0 aromatic rings. The van der Waals surface area contributed by atoms with Crippen molar-refractivity contribution in [1.29, 1.82) is 0 Å². The van der Waals surface area contributed by atoms with E-state index in [1.54, 1.807) is 0 Å². The van der Waals surface area contributed by atoms with Crippen molar-refractivity contribution in [2.45, 2.75) is 45.3 Å². The van der Waals surface area contributed by atoms with Gasteiger partial charge in [-0.05, 0) is 46.1 Å². The molecule has 1 saturated heterocycles. The van der Waals surface area contributed by atoms with Crippen molar-refractivity contribution < 1.29 is 14.6 Å². The van der Waals surface area contributed by atoms with E-state index >= 15 is 0 Å². The summed E-state index contributed by atoms with van der Waals surface area (Å²) in [6.45, 7) is 9.71. The summed E-state index contributed by atoms with van der Waals surface area (Å²) in [5, 5.41) is 13.0. The third kappa shape index (κ3) is 7.71. The van der Waals surface area contributed by atoms with E-state index in [0.29, 0.717) is 19.1 Å². The number of ether oxygens (including phenoxy) is 2. The van der Waals surface area contributed by atoms with Gasteiger partial charge in [0.05, 0.1) is 18.3 Å². The minimum atomic E-state index is -0.422. The largest absolute Gasteiger partial charge is 0.389 e. The fourth-order valence-electron chi connectivity index (χ4n) is 1.81. The van der Waals surface area contributed by atoms with Crippen LogP contribution in [0.2, 0.25) is 0 Å². The van der Waals surface area contributed by atoms with Crippen LogP contribution in [0.1, 0.15) is 33.6 Å². The van der Waals surface area contributed by atoms with E-state index in [1.165, 1.54) is 0 Å². The van der Waals surface area contributed by atoms with E-state index in [2.05, 4.69) is 5.32 Å². The molecule has 0 amide bonds. The molecular formula is C13H27NO3. The molecule has 1 rings (SSSR count). The lowest BCUT2D eigenvalue weighted by atomic mass is 10.0. The molecule has 1 aliphatic heterocycles. The average Bonchev–Trinajstić information content (AvgIpc) is 2.27. The maximum atomic E-state index is 9.73. The Morgan fingerprint density at radius 2 is 2.00 bits per heavy atom. The smallest absolute Gasteiger partial charge is 0.0897 e. The first-order valence-electron chi connectivity index (χ1n) is 6.58. The zero-order valence-electron chi connectivity index (χ0n) is 11.4. The van der Waals surface area contributed by atoms with Crippen molar-refractivity contribution in [1.82, 2.24) is 5.32 Å². The van der Waals surface area contributed by atoms with E-state index in [0.717, 1.165) is 32.6 Å². The van der Waals surface area contributed by atoms with Gasteiger partial charge in [-0.1, -0.05) is 0 Å². The van der Waals surface area contributed by atoms with Gasteiger partial charge in [0.1, 0.15) is 0 Å². The minimum Gasteiger partial charge on any atom is -0.389 e. The van der Waals surface area contributed by atoms with Crippen LogP contribution in [0.15, 0.2) is 0 Å². The van der Waals surface area contributed by atoms with Crippen molar-refractivity contribution in [3.8, 4) is 0 Å². The van der Waals surface area contributed by atoms with Crippen molar-refractivity contribution in [2.24, 2.45) is 5.92 Å². The first-order chi connectivity index (χ1) is 7.97. The molecule has 2 N–H and O–H groups in total. The normalized spacial score (nSPS) is 20.5. The fourth-order valence-corrected chi connectivity index (χ4v) is 1.81. The van der Waals surface area contributed by atoms with Gasteiger partial charge in [-0.2, -0.15) is 0 Å². The lowest BCUT2D eigenvalue weighted by Gasteiger charge is -2.24. The minimum absolute atomic E-state index is 0.179. The van der Waals surface area contributed by atoms with Crippen LogP contribution in [0.5, 0.6) is 0 Å². The Balaban J connectivity index is 2.01. The van der Waals surface area contributed by atoms with Crippen LogP contribution in [0.3, 0.4) is 0 Å². The van der Waals surface area contributed by atoms with Gasteiger partial charge in [-0.3, -0.25) is 0 Å². The molecule has 17 heavy (non-hydrogen) atoms. The van der Waals surface area contributed by atoms with Gasteiger partial charge >= 0.3 is 0 Å². The Labute approximate surface area is 105 Å². The molecule has 4 nitrogen and oxygen atoms in total. The van der Waals surface area contributed by atoms with Crippen LogP contribution < -0.4 is 5.32 Å². The van der Waals surface area contributed by atoms with Gasteiger partial charge in [0.2, 0.25) is 0 Å². The summed E-state index contributed by atoms with van der Waals surface area (Å²) in [5.41, 5.74) is -0.179. The lowest BCUT2D eigenvalue weighted by Crippen LogP contribution is -2.36. The second-order valence-electron chi connectivity index (χ2n) is 5.79.